The summed E-state index contributed by atoms with van der Waals surface area (Å²) in [7, 11) is 0. The van der Waals surface area contributed by atoms with Gasteiger partial charge in [-0.15, -0.1) is 0 Å². The number of hydrogen-bond acceptors (Lipinski definition) is 3. The van der Waals surface area contributed by atoms with Crippen LogP contribution in [0.25, 0.3) is 5.69 Å². The molecule has 24 heavy (non-hydrogen) atoms. The molecule has 0 fully saturated rings. The molecule has 0 radical (unpaired) electrons. The first kappa shape index (κ1) is 18.2. The van der Waals surface area contributed by atoms with Gasteiger partial charge in [-0.1, -0.05) is 29.8 Å². The van der Waals surface area contributed by atoms with E-state index in [4.69, 9.17) is 5.11 Å². The first-order valence-corrected chi connectivity index (χ1v) is 8.35. The number of aliphatic carboxylic acids is 1. The van der Waals surface area contributed by atoms with Crippen LogP contribution in [-0.4, -0.2) is 32.3 Å². The van der Waals surface area contributed by atoms with Crippen LogP contribution in [0.4, 0.5) is 0 Å². The summed E-state index contributed by atoms with van der Waals surface area (Å²) in [6, 6.07) is 7.53. The van der Waals surface area contributed by atoms with Gasteiger partial charge in [0.25, 0.3) is 5.91 Å². The number of rotatable bonds is 6. The van der Waals surface area contributed by atoms with E-state index in [-0.39, 0.29) is 18.2 Å². The van der Waals surface area contributed by atoms with Gasteiger partial charge in [-0.2, -0.15) is 5.10 Å². The van der Waals surface area contributed by atoms with E-state index in [0.29, 0.717) is 5.56 Å². The third-order valence-electron chi connectivity index (χ3n) is 4.13. The van der Waals surface area contributed by atoms with Crippen molar-refractivity contribution in [1.29, 1.82) is 0 Å². The molecule has 0 aliphatic carbocycles. The Hall–Kier alpha value is -2.15. The molecule has 0 spiro atoms. The summed E-state index contributed by atoms with van der Waals surface area (Å²) in [5.74, 6) is -1.31. The van der Waals surface area contributed by atoms with Crippen LogP contribution in [0.1, 0.15) is 37.6 Å². The summed E-state index contributed by atoms with van der Waals surface area (Å²) < 4.78 is 2.56. The van der Waals surface area contributed by atoms with E-state index in [0.717, 1.165) is 10.2 Å². The molecule has 128 valence electrons. The minimum Gasteiger partial charge on any atom is -0.481 e. The third kappa shape index (κ3) is 4.23. The second-order valence-electron chi connectivity index (χ2n) is 6.25. The molecule has 1 heterocycles. The number of nitrogens with zero attached hydrogens (tertiary/aromatic N) is 2. The highest BCUT2D eigenvalue weighted by Gasteiger charge is 2.33. The largest absolute Gasteiger partial charge is 0.481 e. The molecular weight excluding hydrogens is 374 g/mol. The van der Waals surface area contributed by atoms with Crippen molar-refractivity contribution >= 4 is 27.8 Å². The van der Waals surface area contributed by atoms with Crippen molar-refractivity contribution in [2.75, 3.05) is 0 Å². The van der Waals surface area contributed by atoms with Gasteiger partial charge >= 0.3 is 5.97 Å². The van der Waals surface area contributed by atoms with Crippen LogP contribution in [0.15, 0.2) is 41.1 Å². The summed E-state index contributed by atoms with van der Waals surface area (Å²) in [5, 5.41) is 16.1. The Morgan fingerprint density at radius 3 is 2.50 bits per heavy atom. The van der Waals surface area contributed by atoms with Gasteiger partial charge in [-0.3, -0.25) is 9.59 Å². The summed E-state index contributed by atoms with van der Waals surface area (Å²) in [5.41, 5.74) is 0.382. The molecule has 2 rings (SSSR count). The molecule has 1 aromatic heterocycles. The molecule has 1 aromatic carbocycles. The number of benzene rings is 1. The summed E-state index contributed by atoms with van der Waals surface area (Å²) in [4.78, 5) is 23.6. The Morgan fingerprint density at radius 2 is 1.96 bits per heavy atom. The number of aromatic nitrogens is 2. The van der Waals surface area contributed by atoms with E-state index >= 15 is 0 Å². The number of hydrogen-bond donors (Lipinski definition) is 2. The van der Waals surface area contributed by atoms with Gasteiger partial charge in [0.1, 0.15) is 0 Å². The normalized spacial score (nSPS) is 13.5. The van der Waals surface area contributed by atoms with Gasteiger partial charge in [0.05, 0.1) is 29.4 Å². The summed E-state index contributed by atoms with van der Waals surface area (Å²) >= 11 is 3.37. The predicted molar refractivity (Wildman–Crippen MR) is 94.2 cm³/mol. The Balaban J connectivity index is 2.18. The molecular formula is C17H20BrN3O3. The predicted octanol–water partition coefficient (Wildman–Crippen LogP) is 3.25. The quantitative estimate of drug-likeness (QED) is 0.788. The topological polar surface area (TPSA) is 84.2 Å². The summed E-state index contributed by atoms with van der Waals surface area (Å²) in [6.07, 6.45) is 2.95. The molecule has 0 saturated heterocycles. The number of carboxylic acids is 1. The van der Waals surface area contributed by atoms with Crippen LogP contribution in [0, 0.1) is 5.92 Å². The van der Waals surface area contributed by atoms with E-state index < -0.39 is 11.5 Å². The Labute approximate surface area is 149 Å². The fourth-order valence-electron chi connectivity index (χ4n) is 2.21. The maximum absolute atomic E-state index is 12.5. The number of halogens is 1. The van der Waals surface area contributed by atoms with E-state index in [9.17, 15) is 9.59 Å². The second-order valence-corrected chi connectivity index (χ2v) is 7.16. The molecule has 7 heteroatoms. The molecule has 6 nitrogen and oxygen atoms in total. The molecule has 1 atom stereocenters. The van der Waals surface area contributed by atoms with Crippen molar-refractivity contribution in [2.45, 2.75) is 32.7 Å². The molecule has 2 aromatic rings. The molecule has 0 bridgehead atoms. The van der Waals surface area contributed by atoms with Gasteiger partial charge in [0.15, 0.2) is 0 Å². The number of carbonyl (C=O) groups is 2. The number of nitrogens with one attached hydrogen (secondary N) is 1. The minimum absolute atomic E-state index is 0.0286. The highest BCUT2D eigenvalue weighted by atomic mass is 79.9. The van der Waals surface area contributed by atoms with Gasteiger partial charge in [-0.25, -0.2) is 4.68 Å². The molecule has 1 amide bonds. The fraction of sp³-hybridized carbons (Fsp3) is 0.353. The molecule has 1 unspecified atom stereocenters. The Morgan fingerprint density at radius 1 is 1.33 bits per heavy atom. The van der Waals surface area contributed by atoms with Gasteiger partial charge in [-0.05, 0) is 37.1 Å². The van der Waals surface area contributed by atoms with Crippen LogP contribution < -0.4 is 5.32 Å². The van der Waals surface area contributed by atoms with Gasteiger partial charge in [0.2, 0.25) is 0 Å². The number of carbonyl (C=O) groups excluding carboxylic acids is 1. The third-order valence-corrected chi connectivity index (χ3v) is 4.66. The van der Waals surface area contributed by atoms with Crippen molar-refractivity contribution in [1.82, 2.24) is 15.1 Å². The lowest BCUT2D eigenvalue weighted by Gasteiger charge is -2.33. The molecule has 0 aliphatic heterocycles. The smallest absolute Gasteiger partial charge is 0.305 e. The van der Waals surface area contributed by atoms with Crippen molar-refractivity contribution in [3.05, 3.63) is 46.7 Å². The fourth-order valence-corrected chi connectivity index (χ4v) is 2.48. The summed E-state index contributed by atoms with van der Waals surface area (Å²) in [6.45, 7) is 5.51. The van der Waals surface area contributed by atoms with E-state index in [1.165, 1.54) is 6.20 Å². The molecule has 2 N–H and O–H groups in total. The van der Waals surface area contributed by atoms with Crippen LogP contribution in [0.5, 0.6) is 0 Å². The van der Waals surface area contributed by atoms with Crippen molar-refractivity contribution in [3.8, 4) is 5.69 Å². The first-order valence-electron chi connectivity index (χ1n) is 7.56. The Bertz CT molecular complexity index is 740. The average molecular weight is 394 g/mol. The first-order chi connectivity index (χ1) is 11.2. The maximum atomic E-state index is 12.5. The van der Waals surface area contributed by atoms with Crippen LogP contribution in [0.3, 0.4) is 0 Å². The molecule has 0 aliphatic rings. The zero-order chi connectivity index (χ0) is 17.9. The monoisotopic (exact) mass is 393 g/mol. The molecule has 0 saturated carbocycles. The van der Waals surface area contributed by atoms with E-state index in [1.54, 1.807) is 17.8 Å². The lowest BCUT2D eigenvalue weighted by molar-refractivity contribution is -0.138. The zero-order valence-electron chi connectivity index (χ0n) is 13.8. The SMILES string of the molecule is CC(C)C(C)(CC(=O)O)NC(=O)c1cnn(-c2ccc(Br)cc2)c1. The standard InChI is InChI=1S/C17H20BrN3O3/c1-11(2)17(3,8-15(22)23)20-16(24)12-9-19-21(10-12)14-6-4-13(18)5-7-14/h4-7,9-11H,8H2,1-3H3,(H,20,24)(H,22,23). The number of amides is 1. The highest BCUT2D eigenvalue weighted by Crippen LogP contribution is 2.22. The lowest BCUT2D eigenvalue weighted by atomic mass is 9.85. The lowest BCUT2D eigenvalue weighted by Crippen LogP contribution is -2.51. The van der Waals surface area contributed by atoms with Crippen molar-refractivity contribution < 1.29 is 14.7 Å². The zero-order valence-corrected chi connectivity index (χ0v) is 15.4. The van der Waals surface area contributed by atoms with Crippen LogP contribution in [0.2, 0.25) is 0 Å². The van der Waals surface area contributed by atoms with Crippen molar-refractivity contribution in [2.24, 2.45) is 5.92 Å². The van der Waals surface area contributed by atoms with Gasteiger partial charge in [0, 0.05) is 10.7 Å². The van der Waals surface area contributed by atoms with Gasteiger partial charge < -0.3 is 10.4 Å². The van der Waals surface area contributed by atoms with E-state index in [1.807, 2.05) is 38.1 Å². The maximum Gasteiger partial charge on any atom is 0.305 e. The Kier molecular flexibility index (Phi) is 5.43. The highest BCUT2D eigenvalue weighted by molar-refractivity contribution is 9.10. The van der Waals surface area contributed by atoms with Crippen LogP contribution >= 0.6 is 15.9 Å². The van der Waals surface area contributed by atoms with E-state index in [2.05, 4.69) is 26.3 Å². The minimum atomic E-state index is -0.947. The van der Waals surface area contributed by atoms with Crippen molar-refractivity contribution in [3.63, 3.8) is 0 Å². The van der Waals surface area contributed by atoms with Crippen LogP contribution in [-0.2, 0) is 4.79 Å². The average Bonchev–Trinajstić information content (AvgIpc) is 2.96. The number of carboxylic acid groups (broad SMARTS) is 1. The second kappa shape index (κ2) is 7.17.